The quantitative estimate of drug-likeness (QED) is 0.170. The molecule has 3 atom stereocenters. The third kappa shape index (κ3) is 4.92. The molecule has 1 saturated heterocycles. The molecular formula is C51H39N5. The molecule has 0 amide bonds. The van der Waals surface area contributed by atoms with E-state index in [2.05, 4.69) is 201 Å². The summed E-state index contributed by atoms with van der Waals surface area (Å²) in [7, 11) is 0. The number of benzene rings is 7. The van der Waals surface area contributed by atoms with Crippen molar-refractivity contribution in [3.8, 4) is 0 Å². The molecule has 5 heteroatoms. The van der Waals surface area contributed by atoms with Gasteiger partial charge in [0, 0.05) is 32.6 Å². The van der Waals surface area contributed by atoms with E-state index in [1.54, 1.807) is 0 Å². The number of nitrogens with zero attached hydrogens (tertiary/aromatic N) is 2. The van der Waals surface area contributed by atoms with Crippen LogP contribution in [0.25, 0.3) is 76.2 Å². The van der Waals surface area contributed by atoms with Gasteiger partial charge in [0.15, 0.2) is 0 Å². The molecule has 0 saturated carbocycles. The molecule has 56 heavy (non-hydrogen) atoms. The predicted octanol–water partition coefficient (Wildman–Crippen LogP) is 11.8. The summed E-state index contributed by atoms with van der Waals surface area (Å²) >= 11 is 0. The molecule has 6 bridgehead atoms. The Balaban J connectivity index is 1.18. The van der Waals surface area contributed by atoms with Gasteiger partial charge in [0.2, 0.25) is 0 Å². The van der Waals surface area contributed by atoms with E-state index in [0.29, 0.717) is 0 Å². The Morgan fingerprint density at radius 3 is 1.62 bits per heavy atom. The van der Waals surface area contributed by atoms with Crippen molar-refractivity contribution in [3.05, 3.63) is 193 Å². The first-order valence-corrected chi connectivity index (χ1v) is 19.8. The van der Waals surface area contributed by atoms with E-state index in [9.17, 15) is 0 Å². The van der Waals surface area contributed by atoms with Crippen molar-refractivity contribution in [1.29, 1.82) is 0 Å². The van der Waals surface area contributed by atoms with Gasteiger partial charge in [-0.1, -0.05) is 127 Å². The Morgan fingerprint density at radius 1 is 0.393 bits per heavy atom. The number of rotatable bonds is 3. The van der Waals surface area contributed by atoms with Gasteiger partial charge in [0.05, 0.1) is 40.6 Å². The molecule has 5 nitrogen and oxygen atoms in total. The average Bonchev–Trinajstić information content (AvgIpc) is 3.78. The fourth-order valence-corrected chi connectivity index (χ4v) is 9.55. The molecule has 1 aliphatic heterocycles. The molecule has 12 rings (SSSR count). The maximum absolute atomic E-state index is 3.95. The van der Waals surface area contributed by atoms with Gasteiger partial charge in [-0.2, -0.15) is 0 Å². The van der Waals surface area contributed by atoms with E-state index in [0.717, 1.165) is 23.9 Å². The molecule has 1 fully saturated rings. The molecule has 4 heterocycles. The molecule has 1 aliphatic carbocycles. The molecule has 268 valence electrons. The van der Waals surface area contributed by atoms with Crippen molar-refractivity contribution in [2.24, 2.45) is 0 Å². The number of fused-ring (bicyclic) bond motifs is 15. The SMILES string of the molecule is C1=CC(C2NC(c3ccccc3)NC(c3ccc4c5ccc6c7ccccc7n(c7cccc(c7)n7c8ccccc8c8ccc(cc87)c4c3)c6c5)N2)=CCC1. The van der Waals surface area contributed by atoms with Gasteiger partial charge in [0.25, 0.3) is 0 Å². The molecule has 3 unspecified atom stereocenters. The van der Waals surface area contributed by atoms with Crippen LogP contribution in [0.15, 0.2) is 182 Å². The molecule has 7 aromatic carbocycles. The maximum atomic E-state index is 3.95. The largest absolute Gasteiger partial charge is 0.309 e. The van der Waals surface area contributed by atoms with E-state index in [1.165, 1.54) is 81.9 Å². The minimum Gasteiger partial charge on any atom is -0.309 e. The summed E-state index contributed by atoms with van der Waals surface area (Å²) in [6.07, 6.45) is 8.96. The van der Waals surface area contributed by atoms with Crippen molar-refractivity contribution >= 4 is 76.2 Å². The van der Waals surface area contributed by atoms with Crippen LogP contribution in [0.1, 0.15) is 36.3 Å². The van der Waals surface area contributed by atoms with Crippen LogP contribution >= 0.6 is 0 Å². The topological polar surface area (TPSA) is 44.9 Å². The highest BCUT2D eigenvalue weighted by Crippen LogP contribution is 2.37. The van der Waals surface area contributed by atoms with E-state index in [4.69, 9.17) is 0 Å². The number of allylic oxidation sites excluding steroid dienone is 2. The summed E-state index contributed by atoms with van der Waals surface area (Å²) in [4.78, 5) is 0. The molecule has 10 aromatic rings. The molecule has 3 aromatic heterocycles. The lowest BCUT2D eigenvalue weighted by Gasteiger charge is -2.40. The molecular weight excluding hydrogens is 683 g/mol. The Hall–Kier alpha value is -6.50. The number of hydrogen-bond acceptors (Lipinski definition) is 3. The predicted molar refractivity (Wildman–Crippen MR) is 234 cm³/mol. The van der Waals surface area contributed by atoms with Crippen LogP contribution in [0.3, 0.4) is 0 Å². The van der Waals surface area contributed by atoms with Crippen LogP contribution in [-0.2, 0) is 0 Å². The minimum atomic E-state index is -0.0979. The van der Waals surface area contributed by atoms with Crippen molar-refractivity contribution in [2.45, 2.75) is 31.3 Å². The fourth-order valence-electron chi connectivity index (χ4n) is 9.55. The summed E-state index contributed by atoms with van der Waals surface area (Å²) in [6, 6.07) is 58.6. The second-order valence-corrected chi connectivity index (χ2v) is 15.4. The van der Waals surface area contributed by atoms with E-state index in [-0.39, 0.29) is 18.5 Å². The van der Waals surface area contributed by atoms with Gasteiger partial charge >= 0.3 is 0 Å². The molecule has 2 aliphatic rings. The van der Waals surface area contributed by atoms with E-state index < -0.39 is 0 Å². The summed E-state index contributed by atoms with van der Waals surface area (Å²) < 4.78 is 4.90. The Bertz CT molecular complexity index is 3310. The van der Waals surface area contributed by atoms with Crippen LogP contribution in [0, 0.1) is 0 Å². The first-order chi connectivity index (χ1) is 27.7. The first kappa shape index (κ1) is 31.8. The summed E-state index contributed by atoms with van der Waals surface area (Å²) in [5.41, 5.74) is 10.8. The second-order valence-electron chi connectivity index (χ2n) is 15.4. The van der Waals surface area contributed by atoms with Crippen molar-refractivity contribution in [2.75, 3.05) is 0 Å². The zero-order chi connectivity index (χ0) is 36.7. The van der Waals surface area contributed by atoms with E-state index in [1.807, 2.05) is 0 Å². The van der Waals surface area contributed by atoms with Crippen LogP contribution in [0.5, 0.6) is 0 Å². The number of nitrogens with one attached hydrogen (secondary N) is 3. The highest BCUT2D eigenvalue weighted by Gasteiger charge is 2.30. The normalized spacial score (nSPS) is 18.9. The van der Waals surface area contributed by atoms with Gasteiger partial charge in [-0.25, -0.2) is 0 Å². The zero-order valence-electron chi connectivity index (χ0n) is 30.8. The minimum absolute atomic E-state index is 0.000819. The number of aromatic nitrogens is 2. The van der Waals surface area contributed by atoms with Crippen molar-refractivity contribution in [3.63, 3.8) is 0 Å². The lowest BCUT2D eigenvalue weighted by molar-refractivity contribution is 0.224. The molecule has 0 spiro atoms. The van der Waals surface area contributed by atoms with Crippen LogP contribution in [-0.4, -0.2) is 15.0 Å². The molecule has 3 N–H and O–H groups in total. The van der Waals surface area contributed by atoms with Crippen molar-refractivity contribution in [1.82, 2.24) is 24.8 Å². The zero-order valence-corrected chi connectivity index (χ0v) is 30.8. The van der Waals surface area contributed by atoms with Gasteiger partial charge in [-0.05, 0) is 99.6 Å². The first-order valence-electron chi connectivity index (χ1n) is 19.8. The van der Waals surface area contributed by atoms with Crippen molar-refractivity contribution < 1.29 is 0 Å². The lowest BCUT2D eigenvalue weighted by Crippen LogP contribution is -2.59. The highest BCUT2D eigenvalue weighted by atomic mass is 15.4. The van der Waals surface area contributed by atoms with Gasteiger partial charge < -0.3 is 8.80 Å². The summed E-state index contributed by atoms with van der Waals surface area (Å²) in [6.45, 7) is 0. The van der Waals surface area contributed by atoms with Gasteiger partial charge in [-0.15, -0.1) is 0 Å². The van der Waals surface area contributed by atoms with Crippen LogP contribution < -0.4 is 16.0 Å². The third-order valence-corrected chi connectivity index (χ3v) is 12.2. The maximum Gasteiger partial charge on any atom is 0.0864 e. The van der Waals surface area contributed by atoms with E-state index >= 15 is 0 Å². The van der Waals surface area contributed by atoms with Crippen LogP contribution in [0.2, 0.25) is 0 Å². The smallest absolute Gasteiger partial charge is 0.0864 e. The second kappa shape index (κ2) is 12.5. The summed E-state index contributed by atoms with van der Waals surface area (Å²) in [5.74, 6) is 0. The Kier molecular flexibility index (Phi) is 7.11. The number of para-hydroxylation sites is 2. The monoisotopic (exact) mass is 721 g/mol. The van der Waals surface area contributed by atoms with Gasteiger partial charge in [0.1, 0.15) is 0 Å². The summed E-state index contributed by atoms with van der Waals surface area (Å²) in [5, 5.41) is 21.6. The lowest BCUT2D eigenvalue weighted by atomic mass is 9.98. The molecule has 0 radical (unpaired) electrons. The Labute approximate surface area is 323 Å². The number of hydrogen-bond donors (Lipinski definition) is 3. The Morgan fingerprint density at radius 2 is 0.964 bits per heavy atom. The van der Waals surface area contributed by atoms with Crippen LogP contribution in [0.4, 0.5) is 0 Å². The fraction of sp³-hybridized carbons (Fsp3) is 0.0980. The average molecular weight is 722 g/mol. The van der Waals surface area contributed by atoms with Gasteiger partial charge in [-0.3, -0.25) is 16.0 Å². The highest BCUT2D eigenvalue weighted by molar-refractivity contribution is 6.16. The third-order valence-electron chi connectivity index (χ3n) is 12.2. The standard InChI is InChI=1S/C51H39N5/c1-3-12-32(13-4-1)49-52-50(33-14-5-2-6-15-33)54-51(53-49)36-24-25-39-34-22-26-42-40-18-7-9-20-45(40)55(47(42)29-34)37-16-11-17-38(31-37)56-46-21-10-8-19-41(46)43-27-23-35(30-48(43)56)44(39)28-36/h1,3-5,7-31,49-54H,2,6H2.